The maximum absolute atomic E-state index is 9.89. The molecule has 4 rings (SSSR count). The van der Waals surface area contributed by atoms with Gasteiger partial charge in [0.05, 0.1) is 12.6 Å². The number of hydrogen-bond acceptors (Lipinski definition) is 4. The van der Waals surface area contributed by atoms with Crippen LogP contribution in [0.15, 0.2) is 54.9 Å². The van der Waals surface area contributed by atoms with E-state index in [1.54, 1.807) is 18.3 Å². The van der Waals surface area contributed by atoms with E-state index < -0.39 is 0 Å². The molecule has 3 N–H and O–H groups in total. The molecule has 2 aromatic heterocycles. The molecule has 0 atom stereocenters. The summed E-state index contributed by atoms with van der Waals surface area (Å²) in [4.78, 5) is 7.50. The molecule has 0 aliphatic heterocycles. The number of nitrogens with one attached hydrogen (secondary N) is 2. The van der Waals surface area contributed by atoms with Crippen LogP contribution in [0.1, 0.15) is 0 Å². The molecule has 114 valence electrons. The SMILES string of the molecule is COc1cc2c(Nc3ccc4cc[nH]c4c3)ccnc2cc1O. The van der Waals surface area contributed by atoms with Gasteiger partial charge in [-0.3, -0.25) is 4.98 Å². The summed E-state index contributed by atoms with van der Waals surface area (Å²) in [6.45, 7) is 0. The largest absolute Gasteiger partial charge is 0.504 e. The van der Waals surface area contributed by atoms with Crippen molar-refractivity contribution in [3.8, 4) is 11.5 Å². The molecule has 0 aliphatic carbocycles. The molecule has 4 aromatic rings. The van der Waals surface area contributed by atoms with Gasteiger partial charge in [-0.15, -0.1) is 0 Å². The number of phenolic OH excluding ortho intramolecular Hbond substituents is 1. The highest BCUT2D eigenvalue weighted by atomic mass is 16.5. The van der Waals surface area contributed by atoms with Crippen molar-refractivity contribution in [1.29, 1.82) is 0 Å². The van der Waals surface area contributed by atoms with Crippen molar-refractivity contribution in [1.82, 2.24) is 9.97 Å². The summed E-state index contributed by atoms with van der Waals surface area (Å²) in [5, 5.41) is 15.3. The van der Waals surface area contributed by atoms with E-state index in [-0.39, 0.29) is 5.75 Å². The molecule has 0 aliphatic rings. The van der Waals surface area contributed by atoms with Crippen molar-refractivity contribution in [2.45, 2.75) is 0 Å². The second-order valence-corrected chi connectivity index (χ2v) is 5.30. The number of aromatic amines is 1. The predicted molar refractivity (Wildman–Crippen MR) is 91.5 cm³/mol. The van der Waals surface area contributed by atoms with Crippen LogP contribution in [0.2, 0.25) is 0 Å². The molecule has 23 heavy (non-hydrogen) atoms. The average molecular weight is 305 g/mol. The number of ether oxygens (including phenoxy) is 1. The number of rotatable bonds is 3. The Bertz CT molecular complexity index is 1010. The van der Waals surface area contributed by atoms with Crippen molar-refractivity contribution in [3.05, 3.63) is 54.9 Å². The van der Waals surface area contributed by atoms with Crippen LogP contribution in [0, 0.1) is 0 Å². The number of anilines is 2. The first-order valence-electron chi connectivity index (χ1n) is 7.24. The van der Waals surface area contributed by atoms with E-state index >= 15 is 0 Å². The Balaban J connectivity index is 1.81. The molecule has 5 nitrogen and oxygen atoms in total. The molecular formula is C18H15N3O2. The van der Waals surface area contributed by atoms with Gasteiger partial charge in [0.25, 0.3) is 0 Å². The third kappa shape index (κ3) is 2.32. The van der Waals surface area contributed by atoms with Gasteiger partial charge >= 0.3 is 0 Å². The number of pyridine rings is 1. The number of benzene rings is 2. The minimum absolute atomic E-state index is 0.0810. The van der Waals surface area contributed by atoms with Gasteiger partial charge in [-0.1, -0.05) is 6.07 Å². The fourth-order valence-corrected chi connectivity index (χ4v) is 2.72. The Morgan fingerprint density at radius 3 is 2.91 bits per heavy atom. The summed E-state index contributed by atoms with van der Waals surface area (Å²) in [7, 11) is 1.53. The smallest absolute Gasteiger partial charge is 0.161 e. The van der Waals surface area contributed by atoms with E-state index in [1.165, 1.54) is 12.5 Å². The van der Waals surface area contributed by atoms with Crippen LogP contribution in [0.25, 0.3) is 21.8 Å². The van der Waals surface area contributed by atoms with Gasteiger partial charge in [-0.05, 0) is 35.7 Å². The lowest BCUT2D eigenvalue weighted by Gasteiger charge is -2.11. The normalized spacial score (nSPS) is 11.0. The number of fused-ring (bicyclic) bond motifs is 2. The van der Waals surface area contributed by atoms with Crippen LogP contribution in [0.3, 0.4) is 0 Å². The van der Waals surface area contributed by atoms with E-state index in [4.69, 9.17) is 4.74 Å². The molecule has 2 aromatic carbocycles. The second kappa shape index (κ2) is 5.21. The molecule has 5 heteroatoms. The molecule has 0 unspecified atom stereocenters. The zero-order chi connectivity index (χ0) is 15.8. The van der Waals surface area contributed by atoms with Gasteiger partial charge in [-0.25, -0.2) is 0 Å². The van der Waals surface area contributed by atoms with Gasteiger partial charge in [-0.2, -0.15) is 0 Å². The molecule has 0 saturated carbocycles. The van der Waals surface area contributed by atoms with Crippen molar-refractivity contribution >= 4 is 33.2 Å². The van der Waals surface area contributed by atoms with Crippen LogP contribution < -0.4 is 10.1 Å². The first kappa shape index (κ1) is 13.5. The second-order valence-electron chi connectivity index (χ2n) is 5.30. The first-order valence-corrected chi connectivity index (χ1v) is 7.24. The summed E-state index contributed by atoms with van der Waals surface area (Å²) in [5.41, 5.74) is 3.65. The minimum Gasteiger partial charge on any atom is -0.504 e. The van der Waals surface area contributed by atoms with Crippen LogP contribution >= 0.6 is 0 Å². The highest BCUT2D eigenvalue weighted by Gasteiger charge is 2.09. The molecular weight excluding hydrogens is 290 g/mol. The lowest BCUT2D eigenvalue weighted by molar-refractivity contribution is 0.374. The Labute approximate surface area is 132 Å². The molecule has 2 heterocycles. The molecule has 0 spiro atoms. The average Bonchev–Trinajstić information content (AvgIpc) is 3.02. The molecule has 0 amide bonds. The van der Waals surface area contributed by atoms with Gasteiger partial charge in [0.1, 0.15) is 0 Å². The number of phenols is 1. The Kier molecular flexibility index (Phi) is 3.05. The fraction of sp³-hybridized carbons (Fsp3) is 0.0556. The zero-order valence-corrected chi connectivity index (χ0v) is 12.5. The van der Waals surface area contributed by atoms with E-state index in [9.17, 15) is 5.11 Å². The number of methoxy groups -OCH3 is 1. The summed E-state index contributed by atoms with van der Waals surface area (Å²) in [6, 6.07) is 13.5. The summed E-state index contributed by atoms with van der Waals surface area (Å²) in [6.07, 6.45) is 3.63. The van der Waals surface area contributed by atoms with E-state index in [2.05, 4.69) is 27.4 Å². The number of H-pyrrole nitrogens is 1. The van der Waals surface area contributed by atoms with Gasteiger partial charge in [0, 0.05) is 40.7 Å². The summed E-state index contributed by atoms with van der Waals surface area (Å²) in [5.74, 6) is 0.505. The third-order valence-electron chi connectivity index (χ3n) is 3.88. The molecule has 0 bridgehead atoms. The van der Waals surface area contributed by atoms with Gasteiger partial charge < -0.3 is 20.1 Å². The molecule has 0 radical (unpaired) electrons. The van der Waals surface area contributed by atoms with Crippen LogP contribution in [0.5, 0.6) is 11.5 Å². The minimum atomic E-state index is 0.0810. The topological polar surface area (TPSA) is 70.2 Å². The van der Waals surface area contributed by atoms with Crippen LogP contribution in [-0.2, 0) is 0 Å². The fourth-order valence-electron chi connectivity index (χ4n) is 2.72. The monoisotopic (exact) mass is 305 g/mol. The van der Waals surface area contributed by atoms with Gasteiger partial charge in [0.15, 0.2) is 11.5 Å². The highest BCUT2D eigenvalue weighted by molar-refractivity contribution is 5.95. The zero-order valence-electron chi connectivity index (χ0n) is 12.5. The Hall–Kier alpha value is -3.21. The number of aromatic nitrogens is 2. The third-order valence-corrected chi connectivity index (χ3v) is 3.88. The highest BCUT2D eigenvalue weighted by Crippen LogP contribution is 2.34. The predicted octanol–water partition coefficient (Wildman–Crippen LogP) is 4.17. The number of nitrogens with zero attached hydrogens (tertiary/aromatic N) is 1. The standard InChI is InChI=1S/C18H15N3O2/c1-23-18-9-13-14(5-7-20-16(13)10-17(18)22)21-12-3-2-11-4-6-19-15(11)8-12/h2-10,19,22H,1H3,(H,20,21). The first-order chi connectivity index (χ1) is 11.2. The van der Waals surface area contributed by atoms with Gasteiger partial charge in [0.2, 0.25) is 0 Å². The lowest BCUT2D eigenvalue weighted by Crippen LogP contribution is -1.93. The van der Waals surface area contributed by atoms with E-state index in [0.29, 0.717) is 11.3 Å². The molecule has 0 fully saturated rings. The van der Waals surface area contributed by atoms with Crippen molar-refractivity contribution < 1.29 is 9.84 Å². The van der Waals surface area contributed by atoms with Crippen molar-refractivity contribution in [2.75, 3.05) is 12.4 Å². The maximum Gasteiger partial charge on any atom is 0.161 e. The van der Waals surface area contributed by atoms with Crippen LogP contribution in [-0.4, -0.2) is 22.2 Å². The van der Waals surface area contributed by atoms with Crippen molar-refractivity contribution in [2.24, 2.45) is 0 Å². The Morgan fingerprint density at radius 1 is 1.13 bits per heavy atom. The van der Waals surface area contributed by atoms with Crippen LogP contribution in [0.4, 0.5) is 11.4 Å². The van der Waals surface area contributed by atoms with E-state index in [1.807, 2.05) is 24.4 Å². The number of hydrogen-bond donors (Lipinski definition) is 3. The molecule has 0 saturated heterocycles. The summed E-state index contributed by atoms with van der Waals surface area (Å²) < 4.78 is 5.19. The number of aromatic hydroxyl groups is 1. The van der Waals surface area contributed by atoms with E-state index in [0.717, 1.165) is 22.3 Å². The summed E-state index contributed by atoms with van der Waals surface area (Å²) >= 11 is 0. The van der Waals surface area contributed by atoms with Crippen molar-refractivity contribution in [3.63, 3.8) is 0 Å². The lowest BCUT2D eigenvalue weighted by atomic mass is 10.1. The quantitative estimate of drug-likeness (QED) is 0.531. The maximum atomic E-state index is 9.89. The Morgan fingerprint density at radius 2 is 2.04 bits per heavy atom.